The molecule has 1 aromatic rings. The first-order valence-corrected chi connectivity index (χ1v) is 4.85. The third kappa shape index (κ3) is 4.80. The van der Waals surface area contributed by atoms with Crippen LogP contribution in [0.1, 0.15) is 50.7 Å². The molecule has 0 aliphatic heterocycles. The average Bonchev–Trinajstić information content (AvgIpc) is 2.03. The van der Waals surface area contributed by atoms with Crippen molar-refractivity contribution in [2.75, 3.05) is 0 Å². The number of rotatable bonds is 2. The van der Waals surface area contributed by atoms with E-state index in [1.165, 1.54) is 0 Å². The summed E-state index contributed by atoms with van der Waals surface area (Å²) in [5.41, 5.74) is 2.09. The Balaban J connectivity index is 0. The number of benzene rings is 1. The van der Waals surface area contributed by atoms with Gasteiger partial charge in [-0.3, -0.25) is 0 Å². The molecule has 0 spiro atoms. The SMILES string of the molecule is CC(C)c1cccc(C(C)C)c1O.[NaH].[NaH]. The zero-order chi connectivity index (χ0) is 10.0. The first kappa shape index (κ1) is 18.4. The minimum atomic E-state index is 0. The van der Waals surface area contributed by atoms with Gasteiger partial charge in [-0.05, 0) is 23.0 Å². The Kier molecular flexibility index (Phi) is 10.0. The van der Waals surface area contributed by atoms with Crippen molar-refractivity contribution in [3.63, 3.8) is 0 Å². The topological polar surface area (TPSA) is 20.2 Å². The van der Waals surface area contributed by atoms with Crippen molar-refractivity contribution >= 4 is 59.1 Å². The molecule has 0 saturated heterocycles. The van der Waals surface area contributed by atoms with Crippen molar-refractivity contribution < 1.29 is 5.11 Å². The number of para-hydroxylation sites is 1. The zero-order valence-electron chi connectivity index (χ0n) is 8.83. The molecule has 15 heavy (non-hydrogen) atoms. The summed E-state index contributed by atoms with van der Waals surface area (Å²) in [6, 6.07) is 6.00. The van der Waals surface area contributed by atoms with Gasteiger partial charge in [-0.25, -0.2) is 0 Å². The van der Waals surface area contributed by atoms with Crippen LogP contribution in [0.2, 0.25) is 0 Å². The maximum atomic E-state index is 9.93. The number of aromatic hydroxyl groups is 1. The zero-order valence-corrected chi connectivity index (χ0v) is 8.83. The predicted octanol–water partition coefficient (Wildman–Crippen LogP) is 2.34. The van der Waals surface area contributed by atoms with Crippen LogP contribution in [-0.4, -0.2) is 64.2 Å². The summed E-state index contributed by atoms with van der Waals surface area (Å²) < 4.78 is 0. The summed E-state index contributed by atoms with van der Waals surface area (Å²) in [6.45, 7) is 8.39. The molecule has 0 aromatic heterocycles. The van der Waals surface area contributed by atoms with Crippen molar-refractivity contribution in [2.24, 2.45) is 0 Å². The van der Waals surface area contributed by atoms with E-state index in [1.807, 2.05) is 18.2 Å². The number of hydrogen-bond donors (Lipinski definition) is 1. The van der Waals surface area contributed by atoms with Crippen LogP contribution in [0.15, 0.2) is 18.2 Å². The van der Waals surface area contributed by atoms with E-state index in [2.05, 4.69) is 27.7 Å². The molecule has 0 atom stereocenters. The molecule has 0 saturated carbocycles. The van der Waals surface area contributed by atoms with E-state index in [4.69, 9.17) is 0 Å². The van der Waals surface area contributed by atoms with Crippen LogP contribution in [-0.2, 0) is 0 Å². The van der Waals surface area contributed by atoms with Gasteiger partial charge in [0, 0.05) is 0 Å². The Labute approximate surface area is 137 Å². The van der Waals surface area contributed by atoms with Gasteiger partial charge in [0.15, 0.2) is 0 Å². The quantitative estimate of drug-likeness (QED) is 0.767. The van der Waals surface area contributed by atoms with Gasteiger partial charge in [0.1, 0.15) is 5.75 Å². The fourth-order valence-corrected chi connectivity index (χ4v) is 1.51. The van der Waals surface area contributed by atoms with E-state index < -0.39 is 0 Å². The van der Waals surface area contributed by atoms with E-state index in [1.54, 1.807) is 0 Å². The second-order valence-electron chi connectivity index (χ2n) is 4.09. The molecule has 0 amide bonds. The van der Waals surface area contributed by atoms with Crippen molar-refractivity contribution in [1.29, 1.82) is 0 Å². The second kappa shape index (κ2) is 8.16. The summed E-state index contributed by atoms with van der Waals surface area (Å²) in [7, 11) is 0. The van der Waals surface area contributed by atoms with Crippen LogP contribution in [0.5, 0.6) is 5.75 Å². The molecule has 0 bridgehead atoms. The normalized spacial score (nSPS) is 9.73. The fraction of sp³-hybridized carbons (Fsp3) is 0.500. The molecule has 1 N–H and O–H groups in total. The van der Waals surface area contributed by atoms with Gasteiger partial charge >= 0.3 is 59.1 Å². The Bertz CT molecular complexity index is 269. The summed E-state index contributed by atoms with van der Waals surface area (Å²) in [4.78, 5) is 0. The number of phenolic OH excluding ortho intramolecular Hbond substituents is 1. The summed E-state index contributed by atoms with van der Waals surface area (Å²) in [5, 5.41) is 9.93. The number of phenols is 1. The van der Waals surface area contributed by atoms with Crippen molar-refractivity contribution in [3.05, 3.63) is 29.3 Å². The Morgan fingerprint density at radius 2 is 1.20 bits per heavy atom. The third-order valence-electron chi connectivity index (χ3n) is 2.34. The van der Waals surface area contributed by atoms with Gasteiger partial charge in [-0.1, -0.05) is 45.9 Å². The second-order valence-corrected chi connectivity index (χ2v) is 4.09. The molecule has 1 rings (SSSR count). The maximum absolute atomic E-state index is 9.93. The third-order valence-corrected chi connectivity index (χ3v) is 2.34. The van der Waals surface area contributed by atoms with Gasteiger partial charge in [0.25, 0.3) is 0 Å². The molecule has 0 aliphatic carbocycles. The van der Waals surface area contributed by atoms with Crippen molar-refractivity contribution in [1.82, 2.24) is 0 Å². The molecule has 76 valence electrons. The minimum absolute atomic E-state index is 0. The van der Waals surface area contributed by atoms with Gasteiger partial charge in [-0.2, -0.15) is 0 Å². The molecule has 0 fully saturated rings. The van der Waals surface area contributed by atoms with Crippen LogP contribution in [0, 0.1) is 0 Å². The molecule has 1 nitrogen and oxygen atoms in total. The standard InChI is InChI=1S/C12H18O.2Na.2H/c1-8(2)10-6-5-7-11(9(3)4)12(10)13;;;;/h5-9,13H,1-4H3;;;;. The van der Waals surface area contributed by atoms with Crippen LogP contribution in [0.4, 0.5) is 0 Å². The van der Waals surface area contributed by atoms with Crippen molar-refractivity contribution in [3.8, 4) is 5.75 Å². The summed E-state index contributed by atoms with van der Waals surface area (Å²) in [5.74, 6) is 1.25. The van der Waals surface area contributed by atoms with Crippen LogP contribution in [0.25, 0.3) is 0 Å². The summed E-state index contributed by atoms with van der Waals surface area (Å²) >= 11 is 0. The van der Waals surface area contributed by atoms with Crippen molar-refractivity contribution in [2.45, 2.75) is 39.5 Å². The molecule has 0 aliphatic rings. The summed E-state index contributed by atoms with van der Waals surface area (Å²) in [6.07, 6.45) is 0. The van der Waals surface area contributed by atoms with E-state index in [9.17, 15) is 5.11 Å². The molecular formula is C12H20Na2O. The van der Waals surface area contributed by atoms with E-state index in [0.717, 1.165) is 11.1 Å². The van der Waals surface area contributed by atoms with E-state index in [0.29, 0.717) is 17.6 Å². The van der Waals surface area contributed by atoms with Gasteiger partial charge in [-0.15, -0.1) is 0 Å². The van der Waals surface area contributed by atoms with Gasteiger partial charge in [0.2, 0.25) is 0 Å². The molecule has 0 heterocycles. The Morgan fingerprint density at radius 3 is 1.47 bits per heavy atom. The molecule has 1 aromatic carbocycles. The monoisotopic (exact) mass is 226 g/mol. The molecule has 0 radical (unpaired) electrons. The Hall–Kier alpha value is 1.02. The molecule has 0 unspecified atom stereocenters. The predicted molar refractivity (Wildman–Crippen MR) is 70.6 cm³/mol. The van der Waals surface area contributed by atoms with E-state index in [-0.39, 0.29) is 59.1 Å². The number of hydrogen-bond acceptors (Lipinski definition) is 1. The average molecular weight is 226 g/mol. The first-order chi connectivity index (χ1) is 6.04. The van der Waals surface area contributed by atoms with Crippen LogP contribution in [0.3, 0.4) is 0 Å². The molecule has 3 heteroatoms. The van der Waals surface area contributed by atoms with Crippen LogP contribution >= 0.6 is 0 Å². The molecular weight excluding hydrogens is 206 g/mol. The van der Waals surface area contributed by atoms with Gasteiger partial charge in [0.05, 0.1) is 0 Å². The fourth-order valence-electron chi connectivity index (χ4n) is 1.51. The Morgan fingerprint density at radius 1 is 0.867 bits per heavy atom. The van der Waals surface area contributed by atoms with Crippen LogP contribution < -0.4 is 0 Å². The van der Waals surface area contributed by atoms with Gasteiger partial charge < -0.3 is 5.11 Å². The van der Waals surface area contributed by atoms with E-state index >= 15 is 0 Å². The first-order valence-electron chi connectivity index (χ1n) is 4.85.